The van der Waals surface area contributed by atoms with Gasteiger partial charge in [0.15, 0.2) is 0 Å². The van der Waals surface area contributed by atoms with Crippen molar-refractivity contribution in [2.75, 3.05) is 0 Å². The summed E-state index contributed by atoms with van der Waals surface area (Å²) in [5, 5.41) is 14.9. The third kappa shape index (κ3) is 3.53. The Morgan fingerprint density at radius 1 is 1.43 bits per heavy atom. The smallest absolute Gasteiger partial charge is 0.329 e. The van der Waals surface area contributed by atoms with Crippen LogP contribution in [0, 0.1) is 0 Å². The third-order valence-corrected chi connectivity index (χ3v) is 4.03. The quantitative estimate of drug-likeness (QED) is 0.665. The SMILES string of the molecule is CCC(NC(=O)NC1(C(=O)O)CCCCC1)c1ncc[nH]1. The molecule has 1 fully saturated rings. The van der Waals surface area contributed by atoms with Gasteiger partial charge in [-0.05, 0) is 19.3 Å². The minimum atomic E-state index is -1.14. The number of carboxylic acid groups (broad SMARTS) is 1. The molecule has 0 aliphatic heterocycles. The van der Waals surface area contributed by atoms with Gasteiger partial charge >= 0.3 is 12.0 Å². The van der Waals surface area contributed by atoms with Crippen LogP contribution >= 0.6 is 0 Å². The molecule has 116 valence electrons. The van der Waals surface area contributed by atoms with Crippen molar-refractivity contribution in [3.8, 4) is 0 Å². The number of carbonyl (C=O) groups is 2. The lowest BCUT2D eigenvalue weighted by Gasteiger charge is -2.34. The number of urea groups is 1. The number of aromatic nitrogens is 2. The Bertz CT molecular complexity index is 480. The van der Waals surface area contributed by atoms with E-state index in [2.05, 4.69) is 20.6 Å². The van der Waals surface area contributed by atoms with Gasteiger partial charge in [0.1, 0.15) is 11.4 Å². The van der Waals surface area contributed by atoms with Gasteiger partial charge in [-0.25, -0.2) is 14.6 Å². The standard InChI is InChI=1S/C14H22N4O3/c1-2-10(11-15-8-9-16-11)17-13(21)18-14(12(19)20)6-4-3-5-7-14/h8-10H,2-7H2,1H3,(H,15,16)(H,19,20)(H2,17,18,21). The van der Waals surface area contributed by atoms with E-state index in [-0.39, 0.29) is 6.04 Å². The van der Waals surface area contributed by atoms with E-state index < -0.39 is 17.5 Å². The normalized spacial score (nSPS) is 18.7. The number of aliphatic carboxylic acids is 1. The highest BCUT2D eigenvalue weighted by Gasteiger charge is 2.41. The van der Waals surface area contributed by atoms with Crippen molar-refractivity contribution >= 4 is 12.0 Å². The summed E-state index contributed by atoms with van der Waals surface area (Å²) in [5.74, 6) is -0.288. The molecule has 21 heavy (non-hydrogen) atoms. The van der Waals surface area contributed by atoms with E-state index in [1.165, 1.54) is 0 Å². The van der Waals surface area contributed by atoms with Crippen LogP contribution in [0.2, 0.25) is 0 Å². The van der Waals surface area contributed by atoms with Crippen molar-refractivity contribution < 1.29 is 14.7 Å². The largest absolute Gasteiger partial charge is 0.480 e. The zero-order valence-corrected chi connectivity index (χ0v) is 12.2. The lowest BCUT2D eigenvalue weighted by molar-refractivity contribution is -0.145. The molecule has 1 heterocycles. The summed E-state index contributed by atoms with van der Waals surface area (Å²) in [6.07, 6.45) is 7.60. The van der Waals surface area contributed by atoms with Gasteiger partial charge in [0.05, 0.1) is 6.04 Å². The monoisotopic (exact) mass is 294 g/mol. The zero-order valence-electron chi connectivity index (χ0n) is 12.2. The summed E-state index contributed by atoms with van der Waals surface area (Å²) in [4.78, 5) is 30.8. The van der Waals surface area contributed by atoms with Crippen LogP contribution in [0.3, 0.4) is 0 Å². The fourth-order valence-electron chi connectivity index (χ4n) is 2.79. The highest BCUT2D eigenvalue weighted by molar-refractivity contribution is 5.86. The van der Waals surface area contributed by atoms with Crippen molar-refractivity contribution in [2.24, 2.45) is 0 Å². The van der Waals surface area contributed by atoms with Crippen molar-refractivity contribution in [2.45, 2.75) is 57.0 Å². The fraction of sp³-hybridized carbons (Fsp3) is 0.643. The van der Waals surface area contributed by atoms with Crippen molar-refractivity contribution in [3.05, 3.63) is 18.2 Å². The summed E-state index contributed by atoms with van der Waals surface area (Å²) in [6.45, 7) is 1.93. The number of hydrogen-bond donors (Lipinski definition) is 4. The highest BCUT2D eigenvalue weighted by Crippen LogP contribution is 2.28. The topological polar surface area (TPSA) is 107 Å². The number of amides is 2. The molecule has 0 bridgehead atoms. The first-order valence-electron chi connectivity index (χ1n) is 7.39. The Morgan fingerprint density at radius 3 is 2.67 bits per heavy atom. The highest BCUT2D eigenvalue weighted by atomic mass is 16.4. The number of nitrogens with zero attached hydrogens (tertiary/aromatic N) is 1. The molecule has 1 aromatic heterocycles. The predicted molar refractivity (Wildman–Crippen MR) is 76.7 cm³/mol. The van der Waals surface area contributed by atoms with Crippen molar-refractivity contribution in [1.82, 2.24) is 20.6 Å². The predicted octanol–water partition coefficient (Wildman–Crippen LogP) is 1.95. The molecule has 0 radical (unpaired) electrons. The van der Waals surface area contributed by atoms with E-state index >= 15 is 0 Å². The molecule has 2 amide bonds. The summed E-state index contributed by atoms with van der Waals surface area (Å²) in [6, 6.07) is -0.711. The summed E-state index contributed by atoms with van der Waals surface area (Å²) in [7, 11) is 0. The van der Waals surface area contributed by atoms with Gasteiger partial charge in [-0.3, -0.25) is 0 Å². The summed E-state index contributed by atoms with van der Waals surface area (Å²) >= 11 is 0. The number of H-pyrrole nitrogens is 1. The maximum absolute atomic E-state index is 12.2. The van der Waals surface area contributed by atoms with Gasteiger partial charge < -0.3 is 20.7 Å². The van der Waals surface area contributed by atoms with Crippen LogP contribution in [0.25, 0.3) is 0 Å². The minimum Gasteiger partial charge on any atom is -0.480 e. The average molecular weight is 294 g/mol. The molecule has 1 unspecified atom stereocenters. The molecular formula is C14H22N4O3. The van der Waals surface area contributed by atoms with E-state index in [1.54, 1.807) is 12.4 Å². The Hall–Kier alpha value is -2.05. The average Bonchev–Trinajstić information content (AvgIpc) is 2.99. The Kier molecular flexibility index (Phi) is 4.82. The first kappa shape index (κ1) is 15.3. The number of hydrogen-bond acceptors (Lipinski definition) is 3. The third-order valence-electron chi connectivity index (χ3n) is 4.03. The van der Waals surface area contributed by atoms with Crippen LogP contribution in [0.1, 0.15) is 57.3 Å². The van der Waals surface area contributed by atoms with E-state index in [1.807, 2.05) is 6.92 Å². The molecule has 4 N–H and O–H groups in total. The Balaban J connectivity index is 2.00. The van der Waals surface area contributed by atoms with Crippen LogP contribution in [0.5, 0.6) is 0 Å². The van der Waals surface area contributed by atoms with E-state index in [4.69, 9.17) is 0 Å². The van der Waals surface area contributed by atoms with Crippen molar-refractivity contribution in [3.63, 3.8) is 0 Å². The van der Waals surface area contributed by atoms with Crippen LogP contribution in [-0.2, 0) is 4.79 Å². The van der Waals surface area contributed by atoms with Gasteiger partial charge in [-0.1, -0.05) is 26.2 Å². The van der Waals surface area contributed by atoms with Crippen LogP contribution in [0.15, 0.2) is 12.4 Å². The second-order valence-electron chi connectivity index (χ2n) is 5.48. The van der Waals surface area contributed by atoms with Gasteiger partial charge in [0.25, 0.3) is 0 Å². The molecule has 7 nitrogen and oxygen atoms in total. The van der Waals surface area contributed by atoms with Crippen LogP contribution < -0.4 is 10.6 Å². The minimum absolute atomic E-state index is 0.255. The maximum Gasteiger partial charge on any atom is 0.329 e. The Morgan fingerprint density at radius 2 is 2.14 bits per heavy atom. The van der Waals surface area contributed by atoms with Gasteiger partial charge in [0.2, 0.25) is 0 Å². The molecule has 7 heteroatoms. The van der Waals surface area contributed by atoms with Gasteiger partial charge in [-0.2, -0.15) is 0 Å². The van der Waals surface area contributed by atoms with Gasteiger partial charge in [-0.15, -0.1) is 0 Å². The maximum atomic E-state index is 12.2. The van der Waals surface area contributed by atoms with Gasteiger partial charge in [0, 0.05) is 12.4 Å². The molecular weight excluding hydrogens is 272 g/mol. The van der Waals surface area contributed by atoms with Crippen LogP contribution in [0.4, 0.5) is 4.79 Å². The second kappa shape index (κ2) is 6.60. The molecule has 0 aromatic carbocycles. The van der Waals surface area contributed by atoms with E-state index in [9.17, 15) is 14.7 Å². The van der Waals surface area contributed by atoms with E-state index in [0.29, 0.717) is 25.1 Å². The molecule has 0 saturated heterocycles. The van der Waals surface area contributed by atoms with E-state index in [0.717, 1.165) is 19.3 Å². The number of rotatable bonds is 5. The fourth-order valence-corrected chi connectivity index (χ4v) is 2.79. The zero-order chi connectivity index (χ0) is 15.3. The van der Waals surface area contributed by atoms with Crippen LogP contribution in [-0.4, -0.2) is 32.6 Å². The first-order chi connectivity index (χ1) is 10.1. The first-order valence-corrected chi connectivity index (χ1v) is 7.39. The number of nitrogens with one attached hydrogen (secondary N) is 3. The lowest BCUT2D eigenvalue weighted by Crippen LogP contribution is -2.58. The molecule has 1 atom stereocenters. The molecule has 0 spiro atoms. The number of carboxylic acids is 1. The lowest BCUT2D eigenvalue weighted by atomic mass is 9.82. The Labute approximate surface area is 123 Å². The molecule has 1 aliphatic rings. The summed E-state index contributed by atoms with van der Waals surface area (Å²) < 4.78 is 0. The van der Waals surface area contributed by atoms with Crippen molar-refractivity contribution in [1.29, 1.82) is 0 Å². The molecule has 1 saturated carbocycles. The molecule has 1 aliphatic carbocycles. The number of carbonyl (C=O) groups excluding carboxylic acids is 1. The molecule has 2 rings (SSSR count). The summed E-state index contributed by atoms with van der Waals surface area (Å²) in [5.41, 5.74) is -1.14. The second-order valence-corrected chi connectivity index (χ2v) is 5.48. The molecule has 1 aromatic rings. The number of aromatic amines is 1. The number of imidazole rings is 1.